The Kier molecular flexibility index (Phi) is 2.23. The van der Waals surface area contributed by atoms with Gasteiger partial charge in [0.15, 0.2) is 0 Å². The third-order valence-electron chi connectivity index (χ3n) is 1.05. The van der Waals surface area contributed by atoms with Gasteiger partial charge in [0.1, 0.15) is 5.03 Å². The fourth-order valence-corrected chi connectivity index (χ4v) is 0.779. The van der Waals surface area contributed by atoms with E-state index in [1.807, 2.05) is 0 Å². The third kappa shape index (κ3) is 1.68. The van der Waals surface area contributed by atoms with E-state index in [0.717, 1.165) is 0 Å². The van der Waals surface area contributed by atoms with E-state index in [4.69, 9.17) is 21.6 Å². The van der Waals surface area contributed by atoms with Crippen molar-refractivity contribution in [2.45, 2.75) is 0 Å². The van der Waals surface area contributed by atoms with Crippen LogP contribution in [-0.4, -0.2) is 28.7 Å². The molecule has 0 spiro atoms. The first-order chi connectivity index (χ1) is 4.70. The molecule has 0 aliphatic carbocycles. The Labute approximate surface area is 64.1 Å². The topological polar surface area (TPSA) is 43.7 Å². The van der Waals surface area contributed by atoms with Gasteiger partial charge in [0, 0.05) is 6.20 Å². The van der Waals surface area contributed by atoms with Crippen LogP contribution in [-0.2, 0) is 0 Å². The summed E-state index contributed by atoms with van der Waals surface area (Å²) in [5.41, 5.74) is 0. The highest BCUT2D eigenvalue weighted by Crippen LogP contribution is 2.05. The highest BCUT2D eigenvalue weighted by Gasteiger charge is 2.17. The van der Waals surface area contributed by atoms with Crippen molar-refractivity contribution in [2.75, 3.05) is 6.54 Å². The highest BCUT2D eigenvalue weighted by molar-refractivity contribution is 6.39. The van der Waals surface area contributed by atoms with Crippen LogP contribution in [0.3, 0.4) is 0 Å². The van der Waals surface area contributed by atoms with Gasteiger partial charge in [0.05, 0.1) is 6.54 Å². The second-order valence-electron chi connectivity index (χ2n) is 1.80. The third-order valence-corrected chi connectivity index (χ3v) is 1.24. The van der Waals surface area contributed by atoms with Crippen molar-refractivity contribution in [1.29, 1.82) is 0 Å². The molecule has 1 aliphatic heterocycles. The Hall–Kier alpha value is -0.625. The van der Waals surface area contributed by atoms with Crippen LogP contribution in [0.15, 0.2) is 11.2 Å². The van der Waals surface area contributed by atoms with Crippen LogP contribution >= 0.6 is 11.6 Å². The largest absolute Gasteiger partial charge is 0.588 e. The van der Waals surface area contributed by atoms with Crippen molar-refractivity contribution in [3.63, 3.8) is 0 Å². The zero-order valence-corrected chi connectivity index (χ0v) is 5.84. The Bertz CT molecular complexity index is 217. The Morgan fingerprint density at radius 2 is 2.40 bits per heavy atom. The summed E-state index contributed by atoms with van der Waals surface area (Å²) >= 11 is 5.48. The van der Waals surface area contributed by atoms with Gasteiger partial charge in [-0.2, -0.15) is 0 Å². The molecule has 0 aromatic rings. The molecule has 1 aliphatic rings. The van der Waals surface area contributed by atoms with Crippen LogP contribution in [0.2, 0.25) is 0 Å². The summed E-state index contributed by atoms with van der Waals surface area (Å²) in [6.45, 7) is 0.299. The lowest BCUT2D eigenvalue weighted by Gasteiger charge is -2.17. The van der Waals surface area contributed by atoms with Crippen LogP contribution in [0.5, 0.6) is 0 Å². The summed E-state index contributed by atoms with van der Waals surface area (Å²) < 4.78 is 0. The SMILES string of the molecule is OB(O)N1C=C(Cl)C#CC1. The lowest BCUT2D eigenvalue weighted by Crippen LogP contribution is -2.36. The lowest BCUT2D eigenvalue weighted by molar-refractivity contribution is 0.327. The van der Waals surface area contributed by atoms with Gasteiger partial charge in [-0.25, -0.2) is 0 Å². The van der Waals surface area contributed by atoms with Crippen molar-refractivity contribution >= 4 is 18.9 Å². The molecule has 52 valence electrons. The van der Waals surface area contributed by atoms with E-state index < -0.39 is 7.25 Å². The van der Waals surface area contributed by atoms with E-state index in [9.17, 15) is 0 Å². The summed E-state index contributed by atoms with van der Waals surface area (Å²) in [6, 6.07) is 0. The average Bonchev–Trinajstić information content (AvgIpc) is 1.88. The van der Waals surface area contributed by atoms with Crippen LogP contribution < -0.4 is 0 Å². The first-order valence-electron chi connectivity index (χ1n) is 2.68. The molecule has 0 amide bonds. The number of rotatable bonds is 1. The molecule has 0 radical (unpaired) electrons. The summed E-state index contributed by atoms with van der Waals surface area (Å²) in [4.78, 5) is 1.22. The zero-order chi connectivity index (χ0) is 7.56. The van der Waals surface area contributed by atoms with Gasteiger partial charge in [-0.15, -0.1) is 0 Å². The molecule has 0 saturated heterocycles. The minimum atomic E-state index is -1.51. The van der Waals surface area contributed by atoms with E-state index in [2.05, 4.69) is 11.8 Å². The van der Waals surface area contributed by atoms with E-state index in [0.29, 0.717) is 11.6 Å². The molecule has 0 aromatic heterocycles. The van der Waals surface area contributed by atoms with Gasteiger partial charge in [-0.1, -0.05) is 23.4 Å². The van der Waals surface area contributed by atoms with Crippen LogP contribution in [0.4, 0.5) is 0 Å². The molecular formula is C5H5BClNO2. The molecule has 0 bridgehead atoms. The molecule has 1 rings (SSSR count). The van der Waals surface area contributed by atoms with Crippen LogP contribution in [0.1, 0.15) is 0 Å². The summed E-state index contributed by atoms with van der Waals surface area (Å²) in [6.07, 6.45) is 1.39. The predicted molar refractivity (Wildman–Crippen MR) is 38.6 cm³/mol. The zero-order valence-electron chi connectivity index (χ0n) is 5.08. The number of halogens is 1. The summed E-state index contributed by atoms with van der Waals surface area (Å²) in [5.74, 6) is 5.20. The summed E-state index contributed by atoms with van der Waals surface area (Å²) in [5, 5.41) is 17.5. The monoisotopic (exact) mass is 157 g/mol. The van der Waals surface area contributed by atoms with Crippen molar-refractivity contribution in [3.05, 3.63) is 11.2 Å². The molecule has 0 fully saturated rings. The maximum absolute atomic E-state index is 8.61. The molecule has 0 saturated carbocycles. The van der Waals surface area contributed by atoms with Crippen molar-refractivity contribution in [2.24, 2.45) is 0 Å². The highest BCUT2D eigenvalue weighted by atomic mass is 35.5. The van der Waals surface area contributed by atoms with E-state index in [-0.39, 0.29) is 0 Å². The minimum Gasteiger partial charge on any atom is -0.408 e. The second-order valence-corrected chi connectivity index (χ2v) is 2.20. The lowest BCUT2D eigenvalue weighted by atomic mass is 10.1. The molecule has 5 heteroatoms. The van der Waals surface area contributed by atoms with Gasteiger partial charge in [-0.3, -0.25) is 0 Å². The quantitative estimate of drug-likeness (QED) is 0.393. The maximum Gasteiger partial charge on any atom is 0.588 e. The molecule has 0 atom stereocenters. The number of hydrogen-bond acceptors (Lipinski definition) is 3. The molecule has 10 heavy (non-hydrogen) atoms. The Morgan fingerprint density at radius 3 is 2.80 bits per heavy atom. The second kappa shape index (κ2) is 2.97. The van der Waals surface area contributed by atoms with Crippen molar-refractivity contribution in [3.8, 4) is 11.8 Å². The van der Waals surface area contributed by atoms with Crippen molar-refractivity contribution < 1.29 is 10.0 Å². The van der Waals surface area contributed by atoms with Gasteiger partial charge in [0.2, 0.25) is 0 Å². The fraction of sp³-hybridized carbons (Fsp3) is 0.200. The van der Waals surface area contributed by atoms with Gasteiger partial charge < -0.3 is 14.9 Å². The molecular weight excluding hydrogens is 152 g/mol. The Balaban J connectivity index is 2.65. The molecule has 2 N–H and O–H groups in total. The first-order valence-corrected chi connectivity index (χ1v) is 3.06. The maximum atomic E-state index is 8.61. The molecule has 0 aromatic carbocycles. The standard InChI is InChI=1S/C5H5BClNO2/c7-5-2-1-3-8(4-5)6(9)10/h4,9-10H,3H2. The number of nitrogens with zero attached hydrogens (tertiary/aromatic N) is 1. The van der Waals surface area contributed by atoms with E-state index in [1.165, 1.54) is 11.0 Å². The van der Waals surface area contributed by atoms with Gasteiger partial charge in [0.25, 0.3) is 0 Å². The van der Waals surface area contributed by atoms with E-state index in [1.54, 1.807) is 0 Å². The Morgan fingerprint density at radius 1 is 1.70 bits per heavy atom. The minimum absolute atomic E-state index is 0.299. The normalized spacial score (nSPS) is 15.5. The van der Waals surface area contributed by atoms with Gasteiger partial charge >= 0.3 is 7.25 Å². The fourth-order valence-electron chi connectivity index (χ4n) is 0.587. The first kappa shape index (κ1) is 7.48. The smallest absolute Gasteiger partial charge is 0.408 e. The number of hydrogen-bond donors (Lipinski definition) is 2. The number of allylic oxidation sites excluding steroid dienone is 1. The van der Waals surface area contributed by atoms with Crippen molar-refractivity contribution in [1.82, 2.24) is 4.81 Å². The average molecular weight is 157 g/mol. The molecule has 0 unspecified atom stereocenters. The van der Waals surface area contributed by atoms with Gasteiger partial charge in [-0.05, 0) is 0 Å². The predicted octanol–water partition coefficient (Wildman–Crippen LogP) is -0.645. The van der Waals surface area contributed by atoms with Crippen LogP contribution in [0.25, 0.3) is 0 Å². The van der Waals surface area contributed by atoms with Crippen LogP contribution in [0, 0.1) is 11.8 Å². The summed E-state index contributed by atoms with van der Waals surface area (Å²) in [7, 11) is -1.51. The molecule has 3 nitrogen and oxygen atoms in total. The molecule has 1 heterocycles. The van der Waals surface area contributed by atoms with E-state index >= 15 is 0 Å².